The maximum atomic E-state index is 12.7. The van der Waals surface area contributed by atoms with Crippen LogP contribution < -0.4 is 14.8 Å². The number of nitrogens with one attached hydrogen (secondary N) is 3. The van der Waals surface area contributed by atoms with Gasteiger partial charge in [-0.3, -0.25) is 9.69 Å². The highest BCUT2D eigenvalue weighted by Crippen LogP contribution is 2.35. The van der Waals surface area contributed by atoms with Crippen molar-refractivity contribution >= 4 is 44.2 Å². The van der Waals surface area contributed by atoms with Gasteiger partial charge < -0.3 is 19.8 Å². The first-order chi connectivity index (χ1) is 17.3. The Balaban J connectivity index is 1.36. The second-order valence-corrected chi connectivity index (χ2v) is 11.0. The monoisotopic (exact) mass is 510 g/mol. The highest BCUT2D eigenvalue weighted by atomic mass is 32.2. The molecule has 190 valence electrons. The summed E-state index contributed by atoms with van der Waals surface area (Å²) in [6.07, 6.45) is 1.74. The molecule has 1 amide bonds. The number of amides is 1. The molecule has 0 radical (unpaired) electrons. The van der Waals surface area contributed by atoms with E-state index < -0.39 is 10.0 Å². The van der Waals surface area contributed by atoms with Crippen molar-refractivity contribution in [1.82, 2.24) is 14.6 Å². The molecule has 2 aliphatic heterocycles. The number of aromatic amines is 1. The highest BCUT2D eigenvalue weighted by Gasteiger charge is 2.27. The predicted molar refractivity (Wildman–Crippen MR) is 139 cm³/mol. The molecule has 0 aliphatic carbocycles. The molecule has 9 nitrogen and oxygen atoms in total. The van der Waals surface area contributed by atoms with Crippen LogP contribution in [0.25, 0.3) is 22.6 Å². The van der Waals surface area contributed by atoms with Crippen molar-refractivity contribution in [2.75, 3.05) is 44.8 Å². The normalized spacial score (nSPS) is 17.6. The lowest BCUT2D eigenvalue weighted by Gasteiger charge is -2.26. The highest BCUT2D eigenvalue weighted by molar-refractivity contribution is 7.89. The van der Waals surface area contributed by atoms with Gasteiger partial charge in [0.05, 0.1) is 23.7 Å². The Kier molecular flexibility index (Phi) is 6.85. The zero-order valence-electron chi connectivity index (χ0n) is 20.3. The van der Waals surface area contributed by atoms with Crippen LogP contribution in [-0.2, 0) is 19.6 Å². The maximum absolute atomic E-state index is 12.7. The first-order valence-electron chi connectivity index (χ1n) is 12.0. The molecule has 5 rings (SSSR count). The Bertz CT molecular complexity index is 1420. The summed E-state index contributed by atoms with van der Waals surface area (Å²) in [5.74, 6) is 0.507. The molecule has 0 saturated carbocycles. The Morgan fingerprint density at radius 1 is 1.14 bits per heavy atom. The summed E-state index contributed by atoms with van der Waals surface area (Å²) >= 11 is 0. The Hall–Kier alpha value is -3.18. The molecule has 1 fully saturated rings. The molecule has 36 heavy (non-hydrogen) atoms. The van der Waals surface area contributed by atoms with E-state index >= 15 is 0 Å². The summed E-state index contributed by atoms with van der Waals surface area (Å²) in [5.41, 5.74) is 3.19. The van der Waals surface area contributed by atoms with Gasteiger partial charge in [-0.15, -0.1) is 0 Å². The lowest BCUT2D eigenvalue weighted by molar-refractivity contribution is -0.110. The molecule has 10 heteroatoms. The number of H-pyrrole nitrogens is 1. The van der Waals surface area contributed by atoms with Crippen molar-refractivity contribution in [3.8, 4) is 5.75 Å². The summed E-state index contributed by atoms with van der Waals surface area (Å²) in [4.78, 5) is 18.5. The summed E-state index contributed by atoms with van der Waals surface area (Å²) in [6.45, 7) is 8.36. The number of carbonyl (C=O) groups is 1. The molecular formula is C26H30N4O5S. The number of anilines is 1. The summed E-state index contributed by atoms with van der Waals surface area (Å²) in [7, 11) is -3.68. The third kappa shape index (κ3) is 5.31. The van der Waals surface area contributed by atoms with E-state index in [-0.39, 0.29) is 16.8 Å². The second-order valence-electron chi connectivity index (χ2n) is 9.27. The number of sulfonamides is 1. The van der Waals surface area contributed by atoms with Crippen LogP contribution in [0.15, 0.2) is 47.4 Å². The number of rotatable bonds is 8. The van der Waals surface area contributed by atoms with Gasteiger partial charge in [-0.2, -0.15) is 0 Å². The smallest absolute Gasteiger partial charge is 0.256 e. The second kappa shape index (κ2) is 10.1. The number of aromatic nitrogens is 1. The van der Waals surface area contributed by atoms with Crippen LogP contribution in [0.1, 0.15) is 25.1 Å². The van der Waals surface area contributed by atoms with Gasteiger partial charge in [0.2, 0.25) is 10.0 Å². The standard InChI is InChI=1S/C26H30N4O5S/c1-17(2)29-36(32,33)21-4-6-25-22(16-21)23(26(31)28-25)15-19-13-18-14-20(3-5-24(18)27-19)35-12-9-30-7-10-34-11-8-30/h3-6,13-17,27,29H,7-12H2,1-2H3,(H,28,31). The van der Waals surface area contributed by atoms with Crippen LogP contribution in [0.2, 0.25) is 0 Å². The van der Waals surface area contributed by atoms with Crippen molar-refractivity contribution in [1.29, 1.82) is 0 Å². The van der Waals surface area contributed by atoms with Crippen LogP contribution >= 0.6 is 0 Å². The van der Waals surface area contributed by atoms with Crippen LogP contribution in [0.5, 0.6) is 5.75 Å². The minimum Gasteiger partial charge on any atom is -0.492 e. The molecule has 3 heterocycles. The lowest BCUT2D eigenvalue weighted by atomic mass is 10.1. The molecule has 2 aromatic carbocycles. The van der Waals surface area contributed by atoms with E-state index in [1.165, 1.54) is 12.1 Å². The van der Waals surface area contributed by atoms with E-state index in [0.29, 0.717) is 23.4 Å². The zero-order chi connectivity index (χ0) is 25.3. The average Bonchev–Trinajstić information content (AvgIpc) is 3.38. The van der Waals surface area contributed by atoms with E-state index in [9.17, 15) is 13.2 Å². The van der Waals surface area contributed by atoms with Gasteiger partial charge in [0.15, 0.2) is 0 Å². The van der Waals surface area contributed by atoms with Gasteiger partial charge in [-0.05, 0) is 62.4 Å². The van der Waals surface area contributed by atoms with Crippen LogP contribution in [0, 0.1) is 0 Å². The number of morpholine rings is 1. The topological polar surface area (TPSA) is 113 Å². The third-order valence-corrected chi connectivity index (χ3v) is 7.82. The van der Waals surface area contributed by atoms with Crippen LogP contribution in [-0.4, -0.2) is 69.7 Å². The molecule has 1 saturated heterocycles. The van der Waals surface area contributed by atoms with E-state index in [2.05, 4.69) is 19.9 Å². The molecule has 3 aromatic rings. The van der Waals surface area contributed by atoms with Gasteiger partial charge in [0.1, 0.15) is 12.4 Å². The van der Waals surface area contributed by atoms with Gasteiger partial charge in [-0.25, -0.2) is 13.1 Å². The zero-order valence-corrected chi connectivity index (χ0v) is 21.2. The number of ether oxygens (including phenoxy) is 2. The van der Waals surface area contributed by atoms with Crippen LogP contribution in [0.3, 0.4) is 0 Å². The van der Waals surface area contributed by atoms with Crippen molar-refractivity contribution in [2.45, 2.75) is 24.8 Å². The summed E-state index contributed by atoms with van der Waals surface area (Å²) in [6, 6.07) is 12.2. The molecule has 0 bridgehead atoms. The van der Waals surface area contributed by atoms with Crippen molar-refractivity contribution in [3.63, 3.8) is 0 Å². The van der Waals surface area contributed by atoms with E-state index in [4.69, 9.17) is 9.47 Å². The first-order valence-corrected chi connectivity index (χ1v) is 13.5. The van der Waals surface area contributed by atoms with Crippen LogP contribution in [0.4, 0.5) is 5.69 Å². The number of hydrogen-bond acceptors (Lipinski definition) is 6. The van der Waals surface area contributed by atoms with Crippen molar-refractivity contribution in [2.24, 2.45) is 0 Å². The van der Waals surface area contributed by atoms with Gasteiger partial charge in [0.25, 0.3) is 5.91 Å². The molecule has 3 N–H and O–H groups in total. The minimum atomic E-state index is -3.68. The fourth-order valence-electron chi connectivity index (χ4n) is 4.43. The van der Waals surface area contributed by atoms with E-state index in [0.717, 1.165) is 55.2 Å². The van der Waals surface area contributed by atoms with Gasteiger partial charge >= 0.3 is 0 Å². The summed E-state index contributed by atoms with van der Waals surface area (Å²) < 4.78 is 39.2. The predicted octanol–water partition coefficient (Wildman–Crippen LogP) is 3.06. The first kappa shape index (κ1) is 24.5. The fraction of sp³-hybridized carbons (Fsp3) is 0.346. The Morgan fingerprint density at radius 2 is 1.94 bits per heavy atom. The number of benzene rings is 2. The minimum absolute atomic E-state index is 0.118. The van der Waals surface area contributed by atoms with E-state index in [1.807, 2.05) is 24.3 Å². The third-order valence-electron chi connectivity index (χ3n) is 6.17. The fourth-order valence-corrected chi connectivity index (χ4v) is 5.71. The van der Waals surface area contributed by atoms with E-state index in [1.54, 1.807) is 26.0 Å². The number of fused-ring (bicyclic) bond motifs is 2. The van der Waals surface area contributed by atoms with Gasteiger partial charge in [-0.1, -0.05) is 0 Å². The average molecular weight is 511 g/mol. The Morgan fingerprint density at radius 3 is 2.72 bits per heavy atom. The SMILES string of the molecule is CC(C)NS(=O)(=O)c1ccc2c(c1)C(=Cc1cc3cc(OCCN4CCOCC4)ccc3[nH]1)C(=O)N2. The Labute approximate surface area is 210 Å². The summed E-state index contributed by atoms with van der Waals surface area (Å²) in [5, 5.41) is 3.77. The van der Waals surface area contributed by atoms with Crippen molar-refractivity contribution < 1.29 is 22.7 Å². The molecule has 0 unspecified atom stereocenters. The molecule has 0 atom stereocenters. The maximum Gasteiger partial charge on any atom is 0.256 e. The molecular weight excluding hydrogens is 480 g/mol. The lowest BCUT2D eigenvalue weighted by Crippen LogP contribution is -2.38. The molecule has 0 spiro atoms. The van der Waals surface area contributed by atoms with Gasteiger partial charge in [0, 0.05) is 53.5 Å². The molecule has 2 aliphatic rings. The number of nitrogens with zero attached hydrogens (tertiary/aromatic N) is 1. The number of hydrogen-bond donors (Lipinski definition) is 3. The largest absolute Gasteiger partial charge is 0.492 e. The number of carbonyl (C=O) groups excluding carboxylic acids is 1. The quantitative estimate of drug-likeness (QED) is 0.402. The molecule has 1 aromatic heterocycles. The van der Waals surface area contributed by atoms with Crippen molar-refractivity contribution in [3.05, 3.63) is 53.7 Å².